The summed E-state index contributed by atoms with van der Waals surface area (Å²) >= 11 is 0. The highest BCUT2D eigenvalue weighted by molar-refractivity contribution is 6.07. The first-order valence-corrected chi connectivity index (χ1v) is 8.30. The zero-order valence-electron chi connectivity index (χ0n) is 14.0. The Morgan fingerprint density at radius 3 is 2.67 bits per heavy atom. The lowest BCUT2D eigenvalue weighted by Gasteiger charge is -2.34. The van der Waals surface area contributed by atoms with Gasteiger partial charge in [0.1, 0.15) is 11.7 Å². The molecule has 0 spiro atoms. The van der Waals surface area contributed by atoms with Gasteiger partial charge < -0.3 is 15.1 Å². The molecule has 4 nitrogen and oxygen atoms in total. The number of rotatable bonds is 0. The van der Waals surface area contributed by atoms with Crippen molar-refractivity contribution in [3.63, 3.8) is 0 Å². The molecule has 1 saturated heterocycles. The van der Waals surface area contributed by atoms with Gasteiger partial charge in [0.25, 0.3) is 0 Å². The van der Waals surface area contributed by atoms with Crippen molar-refractivity contribution in [1.29, 1.82) is 0 Å². The molecule has 2 aliphatic rings. The third-order valence-electron chi connectivity index (χ3n) is 4.70. The van der Waals surface area contributed by atoms with E-state index in [-0.39, 0.29) is 5.82 Å². The molecule has 2 heterocycles. The van der Waals surface area contributed by atoms with E-state index in [4.69, 9.17) is 4.99 Å². The van der Waals surface area contributed by atoms with E-state index < -0.39 is 0 Å². The van der Waals surface area contributed by atoms with Crippen LogP contribution in [-0.4, -0.2) is 48.9 Å². The number of aliphatic imine (C=N–C) groups is 1. The molecule has 2 aliphatic heterocycles. The number of likely N-dealkylation sites (N-methyl/N-ethyl adjacent to an activating group) is 1. The van der Waals surface area contributed by atoms with Gasteiger partial charge in [-0.05, 0) is 43.8 Å². The van der Waals surface area contributed by atoms with E-state index in [1.165, 1.54) is 6.07 Å². The Bertz CT molecular complexity index is 807. The van der Waals surface area contributed by atoms with Gasteiger partial charge in [-0.2, -0.15) is 0 Å². The second kappa shape index (κ2) is 5.91. The standard InChI is InChI=1S/C19H21FN4/c1-13-6-7-16-17(12-13)22-19(24-10-8-23(2)9-11-24)14-4-3-5-15(20)18(14)21-16/h3-7,12,21H,8-11H2,1-2H3. The first-order valence-electron chi connectivity index (χ1n) is 8.30. The van der Waals surface area contributed by atoms with Gasteiger partial charge in [-0.15, -0.1) is 0 Å². The number of para-hydroxylation sites is 1. The topological polar surface area (TPSA) is 30.9 Å². The summed E-state index contributed by atoms with van der Waals surface area (Å²) in [6, 6.07) is 11.2. The number of anilines is 2. The fourth-order valence-electron chi connectivity index (χ4n) is 3.25. The molecule has 0 aliphatic carbocycles. The van der Waals surface area contributed by atoms with Crippen molar-refractivity contribution in [1.82, 2.24) is 9.80 Å². The normalized spacial score (nSPS) is 17.5. The first kappa shape index (κ1) is 15.1. The van der Waals surface area contributed by atoms with Crippen LogP contribution in [0.5, 0.6) is 0 Å². The van der Waals surface area contributed by atoms with Gasteiger partial charge in [0.2, 0.25) is 0 Å². The van der Waals surface area contributed by atoms with Crippen LogP contribution in [0.15, 0.2) is 41.4 Å². The molecule has 4 rings (SSSR count). The predicted octanol–water partition coefficient (Wildman–Crippen LogP) is 3.52. The summed E-state index contributed by atoms with van der Waals surface area (Å²) < 4.78 is 14.5. The number of piperazine rings is 1. The fraction of sp³-hybridized carbons (Fsp3) is 0.316. The molecule has 5 heteroatoms. The van der Waals surface area contributed by atoms with Crippen molar-refractivity contribution in [2.45, 2.75) is 6.92 Å². The summed E-state index contributed by atoms with van der Waals surface area (Å²) in [6.45, 7) is 5.80. The maximum absolute atomic E-state index is 14.5. The van der Waals surface area contributed by atoms with Gasteiger partial charge in [-0.25, -0.2) is 9.38 Å². The molecule has 0 bridgehead atoms. The third-order valence-corrected chi connectivity index (χ3v) is 4.70. The highest BCUT2D eigenvalue weighted by Crippen LogP contribution is 2.36. The number of halogens is 1. The fourth-order valence-corrected chi connectivity index (χ4v) is 3.25. The highest BCUT2D eigenvalue weighted by atomic mass is 19.1. The maximum Gasteiger partial charge on any atom is 0.147 e. The molecule has 124 valence electrons. The number of benzene rings is 2. The Kier molecular flexibility index (Phi) is 3.73. The van der Waals surface area contributed by atoms with Crippen molar-refractivity contribution >= 4 is 22.9 Å². The van der Waals surface area contributed by atoms with Gasteiger partial charge in [0, 0.05) is 31.7 Å². The van der Waals surface area contributed by atoms with Gasteiger partial charge in [0.15, 0.2) is 0 Å². The SMILES string of the molecule is Cc1ccc2c(c1)N=C(N1CCN(C)CC1)c1cccc(F)c1N2. The molecule has 0 amide bonds. The number of amidine groups is 1. The Labute approximate surface area is 141 Å². The number of nitrogens with zero attached hydrogens (tertiary/aromatic N) is 3. The van der Waals surface area contributed by atoms with Crippen molar-refractivity contribution < 1.29 is 4.39 Å². The van der Waals surface area contributed by atoms with Gasteiger partial charge >= 0.3 is 0 Å². The van der Waals surface area contributed by atoms with Crippen LogP contribution in [0.1, 0.15) is 11.1 Å². The van der Waals surface area contributed by atoms with Crippen molar-refractivity contribution in [2.24, 2.45) is 4.99 Å². The van der Waals surface area contributed by atoms with E-state index >= 15 is 0 Å². The van der Waals surface area contributed by atoms with Crippen LogP contribution in [0.4, 0.5) is 21.5 Å². The molecule has 0 saturated carbocycles. The van der Waals surface area contributed by atoms with Crippen LogP contribution in [0.2, 0.25) is 0 Å². The molecule has 2 aromatic rings. The van der Waals surface area contributed by atoms with Crippen LogP contribution in [0.25, 0.3) is 0 Å². The Morgan fingerprint density at radius 1 is 1.08 bits per heavy atom. The van der Waals surface area contributed by atoms with E-state index in [0.29, 0.717) is 5.69 Å². The third kappa shape index (κ3) is 2.65. The molecule has 0 radical (unpaired) electrons. The van der Waals surface area contributed by atoms with Gasteiger partial charge in [-0.1, -0.05) is 12.1 Å². The molecule has 2 aromatic carbocycles. The maximum atomic E-state index is 14.5. The van der Waals surface area contributed by atoms with Crippen molar-refractivity contribution in [3.8, 4) is 0 Å². The zero-order chi connectivity index (χ0) is 16.7. The van der Waals surface area contributed by atoms with Gasteiger partial charge in [-0.3, -0.25) is 0 Å². The Balaban J connectivity index is 1.87. The Hall–Kier alpha value is -2.40. The molecule has 1 N–H and O–H groups in total. The molecular weight excluding hydrogens is 303 g/mol. The molecule has 0 atom stereocenters. The number of aryl methyl sites for hydroxylation is 1. The van der Waals surface area contributed by atoms with E-state index in [1.54, 1.807) is 6.07 Å². The summed E-state index contributed by atoms with van der Waals surface area (Å²) in [5, 5.41) is 3.25. The summed E-state index contributed by atoms with van der Waals surface area (Å²) in [5.41, 5.74) is 4.19. The minimum Gasteiger partial charge on any atom is -0.353 e. The highest BCUT2D eigenvalue weighted by Gasteiger charge is 2.25. The predicted molar refractivity (Wildman–Crippen MR) is 96.1 cm³/mol. The van der Waals surface area contributed by atoms with Gasteiger partial charge in [0.05, 0.1) is 17.1 Å². The lowest BCUT2D eigenvalue weighted by atomic mass is 10.1. The van der Waals surface area contributed by atoms with Crippen LogP contribution < -0.4 is 5.32 Å². The first-order chi connectivity index (χ1) is 11.6. The summed E-state index contributed by atoms with van der Waals surface area (Å²) in [7, 11) is 2.13. The van der Waals surface area contributed by atoms with Crippen LogP contribution in [0.3, 0.4) is 0 Å². The summed E-state index contributed by atoms with van der Waals surface area (Å²) in [5.74, 6) is 0.609. The second-order valence-corrected chi connectivity index (χ2v) is 6.53. The van der Waals surface area contributed by atoms with E-state index in [2.05, 4.69) is 22.2 Å². The smallest absolute Gasteiger partial charge is 0.147 e. The van der Waals surface area contributed by atoms with E-state index in [1.807, 2.05) is 31.2 Å². The number of fused-ring (bicyclic) bond motifs is 2. The molecular formula is C19H21FN4. The van der Waals surface area contributed by atoms with E-state index in [9.17, 15) is 4.39 Å². The lowest BCUT2D eigenvalue weighted by molar-refractivity contribution is 0.216. The largest absolute Gasteiger partial charge is 0.353 e. The number of nitrogens with one attached hydrogen (secondary N) is 1. The molecule has 1 fully saturated rings. The van der Waals surface area contributed by atoms with Crippen LogP contribution >= 0.6 is 0 Å². The van der Waals surface area contributed by atoms with Crippen LogP contribution in [0, 0.1) is 12.7 Å². The van der Waals surface area contributed by atoms with Crippen molar-refractivity contribution in [3.05, 3.63) is 53.3 Å². The quantitative estimate of drug-likeness (QED) is 0.804. The molecule has 0 unspecified atom stereocenters. The second-order valence-electron chi connectivity index (χ2n) is 6.53. The summed E-state index contributed by atoms with van der Waals surface area (Å²) in [6.07, 6.45) is 0. The van der Waals surface area contributed by atoms with Crippen LogP contribution in [-0.2, 0) is 0 Å². The average Bonchev–Trinajstić information content (AvgIpc) is 2.73. The molecule has 0 aromatic heterocycles. The molecule has 24 heavy (non-hydrogen) atoms. The minimum atomic E-state index is -0.247. The summed E-state index contributed by atoms with van der Waals surface area (Å²) in [4.78, 5) is 9.49. The lowest BCUT2D eigenvalue weighted by Crippen LogP contribution is -2.47. The van der Waals surface area contributed by atoms with Crippen molar-refractivity contribution in [2.75, 3.05) is 38.5 Å². The minimum absolute atomic E-state index is 0.247. The van der Waals surface area contributed by atoms with E-state index in [0.717, 1.165) is 54.5 Å². The Morgan fingerprint density at radius 2 is 1.88 bits per heavy atom. The zero-order valence-corrected chi connectivity index (χ0v) is 14.0. The monoisotopic (exact) mass is 324 g/mol. The average molecular weight is 324 g/mol. The number of hydrogen-bond acceptors (Lipinski definition) is 4. The number of hydrogen-bond donors (Lipinski definition) is 1.